The molecule has 26 heavy (non-hydrogen) atoms. The van der Waals surface area contributed by atoms with E-state index in [0.29, 0.717) is 30.4 Å². The number of fused-ring (bicyclic) bond motifs is 1. The van der Waals surface area contributed by atoms with Crippen LogP contribution >= 0.6 is 11.6 Å². The molecular weight excluding hydrogens is 354 g/mol. The van der Waals surface area contributed by atoms with Gasteiger partial charge in [0, 0.05) is 0 Å². The molecule has 2 heterocycles. The molecule has 3 aromatic rings. The van der Waals surface area contributed by atoms with Gasteiger partial charge < -0.3 is 9.47 Å². The Hall–Kier alpha value is -2.44. The summed E-state index contributed by atoms with van der Waals surface area (Å²) in [5, 5.41) is 4.63. The van der Waals surface area contributed by atoms with Crippen LogP contribution in [0.3, 0.4) is 0 Å². The number of aromatic nitrogens is 3. The van der Waals surface area contributed by atoms with Crippen LogP contribution in [0.5, 0.6) is 0 Å². The van der Waals surface area contributed by atoms with E-state index < -0.39 is 5.41 Å². The van der Waals surface area contributed by atoms with E-state index in [1.165, 1.54) is 7.11 Å². The lowest BCUT2D eigenvalue weighted by molar-refractivity contribution is -0.161. The number of hydrogen-bond acceptors (Lipinski definition) is 5. The normalized spacial score (nSPS) is 22.2. The number of rotatable bonds is 5. The lowest BCUT2D eigenvalue weighted by Crippen LogP contribution is -2.53. The van der Waals surface area contributed by atoms with Crippen LogP contribution < -0.4 is 0 Å². The monoisotopic (exact) mass is 371 g/mol. The Morgan fingerprint density at radius 1 is 1.27 bits per heavy atom. The van der Waals surface area contributed by atoms with Crippen molar-refractivity contribution in [3.63, 3.8) is 0 Å². The van der Waals surface area contributed by atoms with E-state index in [4.69, 9.17) is 21.1 Å². The third-order valence-corrected chi connectivity index (χ3v) is 5.04. The standard InChI is InChI=1S/C19H18ClN3O3/c1-25-18(24)19(17-21-11-14-7-8-16(20)22-23(14)17)9-15(10-19)26-12-13-5-3-2-4-6-13/h2-8,11,15H,9-10,12H2,1H3. The molecule has 6 nitrogen and oxygen atoms in total. The maximum atomic E-state index is 12.6. The van der Waals surface area contributed by atoms with E-state index in [1.54, 1.807) is 16.8 Å². The molecule has 0 saturated heterocycles. The van der Waals surface area contributed by atoms with Crippen LogP contribution in [0.1, 0.15) is 24.2 Å². The average Bonchev–Trinajstić information content (AvgIpc) is 3.04. The molecule has 0 spiro atoms. The lowest BCUT2D eigenvalue weighted by atomic mass is 9.66. The molecule has 1 saturated carbocycles. The molecule has 0 atom stereocenters. The Kier molecular flexibility index (Phi) is 4.38. The summed E-state index contributed by atoms with van der Waals surface area (Å²) in [6, 6.07) is 13.5. The number of imidazole rings is 1. The highest BCUT2D eigenvalue weighted by molar-refractivity contribution is 6.29. The van der Waals surface area contributed by atoms with Gasteiger partial charge in [0.15, 0.2) is 0 Å². The smallest absolute Gasteiger partial charge is 0.319 e. The number of ether oxygens (including phenoxy) is 2. The minimum absolute atomic E-state index is 0.0409. The van der Waals surface area contributed by atoms with Crippen LogP contribution in [-0.4, -0.2) is 33.8 Å². The topological polar surface area (TPSA) is 65.7 Å². The highest BCUT2D eigenvalue weighted by Gasteiger charge is 2.56. The Morgan fingerprint density at radius 3 is 2.77 bits per heavy atom. The summed E-state index contributed by atoms with van der Waals surface area (Å²) in [5.74, 6) is 0.216. The molecule has 1 aliphatic rings. The van der Waals surface area contributed by atoms with E-state index in [9.17, 15) is 4.79 Å². The minimum Gasteiger partial charge on any atom is -0.468 e. The van der Waals surface area contributed by atoms with Gasteiger partial charge in [-0.05, 0) is 30.5 Å². The molecule has 4 rings (SSSR count). The Morgan fingerprint density at radius 2 is 2.04 bits per heavy atom. The van der Waals surface area contributed by atoms with Crippen LogP contribution in [0.25, 0.3) is 5.52 Å². The Bertz CT molecular complexity index is 936. The summed E-state index contributed by atoms with van der Waals surface area (Å²) in [6.45, 7) is 0.509. The average molecular weight is 372 g/mol. The number of hydrogen-bond donors (Lipinski definition) is 0. The Labute approximate surface area is 155 Å². The molecule has 7 heteroatoms. The number of esters is 1. The summed E-state index contributed by atoms with van der Waals surface area (Å²) in [4.78, 5) is 17.0. The van der Waals surface area contributed by atoms with Crippen molar-refractivity contribution < 1.29 is 14.3 Å². The van der Waals surface area contributed by atoms with E-state index in [2.05, 4.69) is 10.1 Å². The Balaban J connectivity index is 1.56. The third kappa shape index (κ3) is 2.85. The van der Waals surface area contributed by atoms with Crippen LogP contribution in [0.4, 0.5) is 0 Å². The first-order chi connectivity index (χ1) is 12.6. The van der Waals surface area contributed by atoms with Crippen molar-refractivity contribution in [3.8, 4) is 0 Å². The van der Waals surface area contributed by atoms with Gasteiger partial charge in [-0.25, -0.2) is 9.50 Å². The fourth-order valence-corrected chi connectivity index (χ4v) is 3.59. The van der Waals surface area contributed by atoms with Gasteiger partial charge in [0.25, 0.3) is 0 Å². The van der Waals surface area contributed by atoms with Gasteiger partial charge in [-0.2, -0.15) is 5.10 Å². The largest absolute Gasteiger partial charge is 0.468 e. The summed E-state index contributed by atoms with van der Waals surface area (Å²) in [7, 11) is 1.39. The summed E-state index contributed by atoms with van der Waals surface area (Å²) in [5.41, 5.74) is 1.02. The quantitative estimate of drug-likeness (QED) is 0.644. The van der Waals surface area contributed by atoms with Crippen molar-refractivity contribution in [3.05, 3.63) is 65.2 Å². The fourth-order valence-electron chi connectivity index (χ4n) is 3.45. The molecule has 1 fully saturated rings. The van der Waals surface area contributed by atoms with Crippen molar-refractivity contribution in [2.45, 2.75) is 31.0 Å². The van der Waals surface area contributed by atoms with Gasteiger partial charge in [0.05, 0.1) is 31.5 Å². The van der Waals surface area contributed by atoms with Crippen LogP contribution in [0, 0.1) is 0 Å². The molecule has 0 aliphatic heterocycles. The second-order valence-electron chi connectivity index (χ2n) is 6.48. The molecule has 0 radical (unpaired) electrons. The van der Waals surface area contributed by atoms with E-state index >= 15 is 0 Å². The van der Waals surface area contributed by atoms with Crippen LogP contribution in [0.2, 0.25) is 5.15 Å². The predicted octanol–water partition coefficient (Wildman–Crippen LogP) is 3.17. The molecule has 0 amide bonds. The minimum atomic E-state index is -0.861. The van der Waals surface area contributed by atoms with Crippen molar-refractivity contribution in [1.82, 2.24) is 14.6 Å². The highest BCUT2D eigenvalue weighted by Crippen LogP contribution is 2.46. The second-order valence-corrected chi connectivity index (χ2v) is 6.86. The maximum absolute atomic E-state index is 12.6. The van der Waals surface area contributed by atoms with Crippen LogP contribution in [0.15, 0.2) is 48.7 Å². The van der Waals surface area contributed by atoms with Crippen molar-refractivity contribution in [1.29, 1.82) is 0 Å². The second kappa shape index (κ2) is 6.70. The maximum Gasteiger partial charge on any atom is 0.319 e. The highest BCUT2D eigenvalue weighted by atomic mass is 35.5. The third-order valence-electron chi connectivity index (χ3n) is 4.84. The lowest BCUT2D eigenvalue weighted by Gasteiger charge is -2.43. The van der Waals surface area contributed by atoms with E-state index in [0.717, 1.165) is 11.1 Å². The number of halogens is 1. The van der Waals surface area contributed by atoms with E-state index in [1.807, 2.05) is 36.4 Å². The van der Waals surface area contributed by atoms with Gasteiger partial charge in [-0.3, -0.25) is 4.79 Å². The van der Waals surface area contributed by atoms with E-state index in [-0.39, 0.29) is 12.1 Å². The molecule has 134 valence electrons. The number of methoxy groups -OCH3 is 1. The molecule has 0 N–H and O–H groups in total. The van der Waals surface area contributed by atoms with Crippen LogP contribution in [-0.2, 0) is 26.3 Å². The first-order valence-corrected chi connectivity index (χ1v) is 8.75. The van der Waals surface area contributed by atoms with Gasteiger partial charge in [-0.1, -0.05) is 41.9 Å². The first-order valence-electron chi connectivity index (χ1n) is 8.37. The first kappa shape index (κ1) is 17.0. The molecule has 0 bridgehead atoms. The SMILES string of the molecule is COC(=O)C1(c2ncc3ccc(Cl)nn23)CC(OCc2ccccc2)C1. The fraction of sp³-hybridized carbons (Fsp3) is 0.316. The predicted molar refractivity (Wildman–Crippen MR) is 95.9 cm³/mol. The van der Waals surface area contributed by atoms with Crippen molar-refractivity contribution in [2.24, 2.45) is 0 Å². The van der Waals surface area contributed by atoms with Crippen molar-refractivity contribution in [2.75, 3.05) is 7.11 Å². The zero-order chi connectivity index (χ0) is 18.1. The number of benzene rings is 1. The molecule has 1 aromatic carbocycles. The zero-order valence-corrected chi connectivity index (χ0v) is 15.0. The summed E-state index contributed by atoms with van der Waals surface area (Å²) >= 11 is 6.02. The van der Waals surface area contributed by atoms with Gasteiger partial charge in [0.2, 0.25) is 0 Å². The number of carbonyl (C=O) groups is 1. The van der Waals surface area contributed by atoms with Gasteiger partial charge in [0.1, 0.15) is 16.4 Å². The molecule has 1 aliphatic carbocycles. The summed E-state index contributed by atoms with van der Waals surface area (Å²) in [6.07, 6.45) is 2.64. The van der Waals surface area contributed by atoms with Gasteiger partial charge >= 0.3 is 5.97 Å². The molecule has 0 unspecified atom stereocenters. The summed E-state index contributed by atoms with van der Waals surface area (Å²) < 4.78 is 12.6. The molecular formula is C19H18ClN3O3. The zero-order valence-electron chi connectivity index (χ0n) is 14.3. The number of carbonyl (C=O) groups excluding carboxylic acids is 1. The molecule has 2 aromatic heterocycles. The van der Waals surface area contributed by atoms with Crippen molar-refractivity contribution >= 4 is 23.1 Å². The number of nitrogens with zero attached hydrogens (tertiary/aromatic N) is 3. The van der Waals surface area contributed by atoms with Gasteiger partial charge in [-0.15, -0.1) is 0 Å².